The van der Waals surface area contributed by atoms with Gasteiger partial charge < -0.3 is 15.6 Å². The van der Waals surface area contributed by atoms with E-state index in [-0.39, 0.29) is 36.6 Å². The summed E-state index contributed by atoms with van der Waals surface area (Å²) < 4.78 is 2.13. The Bertz CT molecular complexity index is 643. The van der Waals surface area contributed by atoms with Crippen molar-refractivity contribution in [3.05, 3.63) is 48.0 Å². The Labute approximate surface area is 155 Å². The highest BCUT2D eigenvalue weighted by Gasteiger charge is 2.11. The van der Waals surface area contributed by atoms with Crippen molar-refractivity contribution < 1.29 is 4.79 Å². The van der Waals surface area contributed by atoms with Gasteiger partial charge in [-0.3, -0.25) is 4.79 Å². The smallest absolute Gasteiger partial charge is 0.228 e. The van der Waals surface area contributed by atoms with E-state index in [1.54, 1.807) is 0 Å². The number of imidazole rings is 1. The molecule has 0 bridgehead atoms. The number of benzene rings is 1. The van der Waals surface area contributed by atoms with Gasteiger partial charge in [-0.15, -0.1) is 24.8 Å². The summed E-state index contributed by atoms with van der Waals surface area (Å²) >= 11 is 0. The molecular weight excluding hydrogens is 347 g/mol. The lowest BCUT2D eigenvalue weighted by Crippen LogP contribution is -2.26. The number of amides is 1. The fourth-order valence-corrected chi connectivity index (χ4v) is 2.27. The van der Waals surface area contributed by atoms with Crippen LogP contribution >= 0.6 is 24.8 Å². The maximum atomic E-state index is 11.9. The quantitative estimate of drug-likeness (QED) is 0.815. The van der Waals surface area contributed by atoms with E-state index in [1.807, 2.05) is 43.6 Å². The van der Waals surface area contributed by atoms with Gasteiger partial charge in [0.1, 0.15) is 5.82 Å². The van der Waals surface area contributed by atoms with Crippen molar-refractivity contribution in [3.8, 4) is 0 Å². The van der Waals surface area contributed by atoms with E-state index in [0.29, 0.717) is 12.5 Å². The van der Waals surface area contributed by atoms with E-state index in [2.05, 4.69) is 28.7 Å². The Morgan fingerprint density at radius 1 is 1.29 bits per heavy atom. The molecule has 1 atom stereocenters. The first-order valence-corrected chi connectivity index (χ1v) is 7.62. The van der Waals surface area contributed by atoms with E-state index >= 15 is 0 Å². The van der Waals surface area contributed by atoms with Crippen LogP contribution in [-0.2, 0) is 11.3 Å². The molecule has 0 aliphatic rings. The van der Waals surface area contributed by atoms with Crippen molar-refractivity contribution >= 4 is 36.4 Å². The van der Waals surface area contributed by atoms with E-state index in [9.17, 15) is 4.79 Å². The average Bonchev–Trinajstić information content (AvgIpc) is 2.95. The number of rotatable bonds is 6. The van der Waals surface area contributed by atoms with Crippen LogP contribution in [0.25, 0.3) is 0 Å². The highest BCUT2D eigenvalue weighted by molar-refractivity contribution is 5.92. The van der Waals surface area contributed by atoms with Crippen molar-refractivity contribution in [2.75, 3.05) is 11.9 Å². The number of halogens is 2. The van der Waals surface area contributed by atoms with E-state index in [4.69, 9.17) is 5.73 Å². The predicted molar refractivity (Wildman–Crippen MR) is 103 cm³/mol. The van der Waals surface area contributed by atoms with Crippen LogP contribution in [0, 0.1) is 5.92 Å². The maximum Gasteiger partial charge on any atom is 0.228 e. The molecule has 134 valence electrons. The summed E-state index contributed by atoms with van der Waals surface area (Å²) in [5.74, 6) is 1.20. The van der Waals surface area contributed by atoms with E-state index in [1.165, 1.54) is 0 Å². The molecule has 0 spiro atoms. The zero-order valence-corrected chi connectivity index (χ0v) is 15.9. The molecule has 0 aliphatic carbocycles. The van der Waals surface area contributed by atoms with Crippen molar-refractivity contribution in [1.82, 2.24) is 9.55 Å². The zero-order chi connectivity index (χ0) is 16.1. The molecule has 5 nitrogen and oxygen atoms in total. The number of aromatic nitrogens is 2. The number of nitrogens with zero attached hydrogens (tertiary/aromatic N) is 2. The molecule has 0 saturated carbocycles. The first-order valence-electron chi connectivity index (χ1n) is 7.62. The van der Waals surface area contributed by atoms with Crippen LogP contribution in [0.15, 0.2) is 36.7 Å². The number of hydrogen-bond donors (Lipinski definition) is 2. The van der Waals surface area contributed by atoms with Crippen LogP contribution in [0.4, 0.5) is 5.69 Å². The summed E-state index contributed by atoms with van der Waals surface area (Å²) in [6, 6.07) is 7.88. The number of nitrogens with two attached hydrogens (primary N) is 1. The first-order chi connectivity index (χ1) is 10.5. The lowest BCUT2D eigenvalue weighted by Gasteiger charge is -2.13. The largest absolute Gasteiger partial charge is 0.330 e. The first kappa shape index (κ1) is 22.4. The van der Waals surface area contributed by atoms with Gasteiger partial charge in [0.15, 0.2) is 0 Å². The molecule has 1 aromatic heterocycles. The van der Waals surface area contributed by atoms with E-state index < -0.39 is 0 Å². The molecule has 3 N–H and O–H groups in total. The van der Waals surface area contributed by atoms with Crippen LogP contribution in [0.5, 0.6) is 0 Å². The monoisotopic (exact) mass is 372 g/mol. The van der Waals surface area contributed by atoms with Crippen molar-refractivity contribution in [3.63, 3.8) is 0 Å². The summed E-state index contributed by atoms with van der Waals surface area (Å²) in [5, 5.41) is 2.91. The number of nitrogens with one attached hydrogen (secondary N) is 1. The second kappa shape index (κ2) is 10.3. The highest BCUT2D eigenvalue weighted by atomic mass is 35.5. The number of carbonyl (C=O) groups is 1. The third kappa shape index (κ3) is 5.82. The SMILES string of the molecule is CC(CN)C(=O)Nc1cccc(Cn2ccnc2C(C)C)c1.Cl.Cl. The molecule has 1 heterocycles. The van der Waals surface area contributed by atoms with Gasteiger partial charge in [-0.25, -0.2) is 4.98 Å². The normalized spacial score (nSPS) is 11.4. The minimum absolute atomic E-state index is 0. The molecule has 0 radical (unpaired) electrons. The van der Waals surface area contributed by atoms with Crippen molar-refractivity contribution in [1.29, 1.82) is 0 Å². The molecule has 24 heavy (non-hydrogen) atoms. The molecule has 7 heteroatoms. The molecule has 2 aromatic rings. The number of carbonyl (C=O) groups excluding carboxylic acids is 1. The Hall–Kier alpha value is -1.56. The zero-order valence-electron chi connectivity index (χ0n) is 14.2. The number of hydrogen-bond acceptors (Lipinski definition) is 3. The van der Waals surface area contributed by atoms with Crippen molar-refractivity contribution in [2.24, 2.45) is 11.7 Å². The second-order valence-electron chi connectivity index (χ2n) is 5.89. The van der Waals surface area contributed by atoms with Gasteiger partial charge in [-0.2, -0.15) is 0 Å². The van der Waals surface area contributed by atoms with Gasteiger partial charge in [0, 0.05) is 43.0 Å². The topological polar surface area (TPSA) is 72.9 Å². The summed E-state index contributed by atoms with van der Waals surface area (Å²) in [5.41, 5.74) is 7.44. The molecule has 0 fully saturated rings. The third-order valence-electron chi connectivity index (χ3n) is 3.61. The summed E-state index contributed by atoms with van der Waals surface area (Å²) in [6.45, 7) is 7.16. The van der Waals surface area contributed by atoms with Crippen LogP contribution in [-0.4, -0.2) is 22.0 Å². The summed E-state index contributed by atoms with van der Waals surface area (Å²) in [4.78, 5) is 16.3. The molecule has 1 unspecified atom stereocenters. The van der Waals surface area contributed by atoms with Gasteiger partial charge in [0.25, 0.3) is 0 Å². The Balaban J connectivity index is 0.00000264. The Morgan fingerprint density at radius 2 is 2.00 bits per heavy atom. The van der Waals surface area contributed by atoms with Gasteiger partial charge in [-0.1, -0.05) is 32.9 Å². The maximum absolute atomic E-state index is 11.9. The van der Waals surface area contributed by atoms with E-state index in [0.717, 1.165) is 23.6 Å². The minimum atomic E-state index is -0.190. The van der Waals surface area contributed by atoms with Crippen molar-refractivity contribution in [2.45, 2.75) is 33.2 Å². The Morgan fingerprint density at radius 3 is 2.62 bits per heavy atom. The Kier molecular flexibility index (Phi) is 9.66. The fourth-order valence-electron chi connectivity index (χ4n) is 2.27. The minimum Gasteiger partial charge on any atom is -0.330 e. The lowest BCUT2D eigenvalue weighted by atomic mass is 10.1. The standard InChI is InChI=1S/C17H24N4O.2ClH/c1-12(2)16-19-7-8-21(16)11-14-5-4-6-15(9-14)20-17(22)13(3)10-18;;/h4-9,12-13H,10-11,18H2,1-3H3,(H,20,22);2*1H. The molecule has 1 amide bonds. The fraction of sp³-hybridized carbons (Fsp3) is 0.412. The summed E-state index contributed by atoms with van der Waals surface area (Å²) in [6.07, 6.45) is 3.81. The van der Waals surface area contributed by atoms with Gasteiger partial charge in [0.05, 0.1) is 0 Å². The van der Waals surface area contributed by atoms with Crippen LogP contribution in [0.2, 0.25) is 0 Å². The van der Waals surface area contributed by atoms with Crippen LogP contribution in [0.1, 0.15) is 38.1 Å². The molecule has 2 rings (SSSR count). The lowest BCUT2D eigenvalue weighted by molar-refractivity contribution is -0.119. The molecule has 0 saturated heterocycles. The molecule has 1 aromatic carbocycles. The van der Waals surface area contributed by atoms with Gasteiger partial charge >= 0.3 is 0 Å². The predicted octanol–water partition coefficient (Wildman–Crippen LogP) is 3.43. The molecular formula is C17H26Cl2N4O. The molecule has 0 aliphatic heterocycles. The highest BCUT2D eigenvalue weighted by Crippen LogP contribution is 2.16. The van der Waals surface area contributed by atoms with Gasteiger partial charge in [0.2, 0.25) is 5.91 Å². The number of anilines is 1. The van der Waals surface area contributed by atoms with Crippen LogP contribution in [0.3, 0.4) is 0 Å². The summed E-state index contributed by atoms with van der Waals surface area (Å²) in [7, 11) is 0. The van der Waals surface area contributed by atoms with Gasteiger partial charge in [-0.05, 0) is 17.7 Å². The third-order valence-corrected chi connectivity index (χ3v) is 3.61. The average molecular weight is 373 g/mol. The second-order valence-corrected chi connectivity index (χ2v) is 5.89. The van der Waals surface area contributed by atoms with Crippen LogP contribution < -0.4 is 11.1 Å².